The minimum absolute atomic E-state index is 0.127. The second-order valence-electron chi connectivity index (χ2n) is 3.47. The maximum Gasteiger partial charge on any atom is 0.374 e. The van der Waals surface area contributed by atoms with Gasteiger partial charge in [0.25, 0.3) is 0 Å². The fourth-order valence-electron chi connectivity index (χ4n) is 1.41. The largest absolute Gasteiger partial charge is 0.476 e. The molecule has 0 saturated heterocycles. The van der Waals surface area contributed by atoms with Crippen LogP contribution in [-0.2, 0) is 0 Å². The molecule has 2 N–H and O–H groups in total. The number of halogens is 2. The third-order valence-corrected chi connectivity index (χ3v) is 2.81. The van der Waals surface area contributed by atoms with Crippen molar-refractivity contribution in [2.24, 2.45) is 0 Å². The van der Waals surface area contributed by atoms with Crippen molar-refractivity contribution in [2.45, 2.75) is 0 Å². The zero-order chi connectivity index (χ0) is 14.2. The summed E-state index contributed by atoms with van der Waals surface area (Å²) in [4.78, 5) is 25.4. The fraction of sp³-hybridized carbons (Fsp3) is 0. The highest BCUT2D eigenvalue weighted by atomic mass is 79.9. The minimum Gasteiger partial charge on any atom is -0.476 e. The van der Waals surface area contributed by atoms with Crippen LogP contribution in [0.15, 0.2) is 27.1 Å². The molecule has 0 bridgehead atoms. The van der Waals surface area contributed by atoms with Crippen LogP contribution in [0.3, 0.4) is 0 Å². The van der Waals surface area contributed by atoms with E-state index in [9.17, 15) is 9.59 Å². The topological polar surface area (TPSA) is 101 Å². The molecule has 1 aromatic heterocycles. The molecule has 0 aliphatic carbocycles. The second-order valence-corrected chi connectivity index (χ2v) is 4.82. The number of hydrogen-bond acceptors (Lipinski definition) is 4. The molecule has 98 valence electrons. The van der Waals surface area contributed by atoms with E-state index >= 15 is 0 Å². The van der Waals surface area contributed by atoms with Crippen LogP contribution in [0, 0.1) is 0 Å². The van der Waals surface area contributed by atoms with Gasteiger partial charge >= 0.3 is 11.9 Å². The lowest BCUT2D eigenvalue weighted by Gasteiger charge is -1.98. The van der Waals surface area contributed by atoms with Crippen LogP contribution in [0.1, 0.15) is 21.0 Å². The van der Waals surface area contributed by atoms with Crippen molar-refractivity contribution in [1.29, 1.82) is 0 Å². The first kappa shape index (κ1) is 13.6. The van der Waals surface area contributed by atoms with Gasteiger partial charge in [0.1, 0.15) is 0 Å². The minimum atomic E-state index is -1.50. The van der Waals surface area contributed by atoms with Crippen LogP contribution >= 0.6 is 27.5 Å². The molecular formula is C11H5BrClNO5. The van der Waals surface area contributed by atoms with Gasteiger partial charge in [-0.15, -0.1) is 0 Å². The summed E-state index contributed by atoms with van der Waals surface area (Å²) in [6.07, 6.45) is 0. The van der Waals surface area contributed by atoms with Crippen molar-refractivity contribution in [3.05, 3.63) is 39.1 Å². The summed E-state index contributed by atoms with van der Waals surface area (Å²) in [6, 6.07) is 4.68. The molecule has 0 fully saturated rings. The Balaban J connectivity index is 2.60. The first-order valence-corrected chi connectivity index (χ1v) is 5.99. The summed E-state index contributed by atoms with van der Waals surface area (Å²) >= 11 is 9.05. The molecule has 1 aromatic carbocycles. The molecule has 0 saturated carbocycles. The SMILES string of the molecule is O=C(O)c1nc(-c2cc(Cl)cc(Br)c2)oc1C(=O)O. The Morgan fingerprint density at radius 3 is 2.37 bits per heavy atom. The predicted molar refractivity (Wildman–Crippen MR) is 68.6 cm³/mol. The molecular weight excluding hydrogens is 341 g/mol. The first-order chi connectivity index (χ1) is 8.88. The fourth-order valence-corrected chi connectivity index (χ4v) is 2.27. The molecule has 6 nitrogen and oxygen atoms in total. The molecule has 0 aliphatic heterocycles. The highest BCUT2D eigenvalue weighted by molar-refractivity contribution is 9.10. The lowest BCUT2D eigenvalue weighted by Crippen LogP contribution is -2.05. The van der Waals surface area contributed by atoms with Gasteiger partial charge in [0.05, 0.1) is 0 Å². The van der Waals surface area contributed by atoms with Gasteiger partial charge in [-0.25, -0.2) is 14.6 Å². The van der Waals surface area contributed by atoms with Crippen molar-refractivity contribution < 1.29 is 24.2 Å². The third-order valence-electron chi connectivity index (χ3n) is 2.13. The Bertz CT molecular complexity index is 630. The number of carboxylic acids is 2. The van der Waals surface area contributed by atoms with Gasteiger partial charge in [0.15, 0.2) is 0 Å². The molecule has 0 radical (unpaired) electrons. The summed E-state index contributed by atoms with van der Waals surface area (Å²) in [6.45, 7) is 0. The van der Waals surface area contributed by atoms with E-state index in [1.54, 1.807) is 12.1 Å². The third kappa shape index (κ3) is 2.77. The molecule has 0 spiro atoms. The molecule has 8 heteroatoms. The van der Waals surface area contributed by atoms with Crippen LogP contribution in [0.2, 0.25) is 5.02 Å². The number of hydrogen-bond donors (Lipinski definition) is 2. The Labute approximate surface area is 119 Å². The number of rotatable bonds is 3. The van der Waals surface area contributed by atoms with E-state index < -0.39 is 23.4 Å². The summed E-state index contributed by atoms with van der Waals surface area (Å²) in [5, 5.41) is 18.1. The Morgan fingerprint density at radius 1 is 1.21 bits per heavy atom. The quantitative estimate of drug-likeness (QED) is 0.885. The maximum atomic E-state index is 10.9. The van der Waals surface area contributed by atoms with Gasteiger partial charge in [-0.1, -0.05) is 27.5 Å². The van der Waals surface area contributed by atoms with E-state index in [2.05, 4.69) is 20.9 Å². The van der Waals surface area contributed by atoms with Gasteiger partial charge in [-0.3, -0.25) is 0 Å². The first-order valence-electron chi connectivity index (χ1n) is 4.82. The molecule has 0 amide bonds. The number of aromatic nitrogens is 1. The van der Waals surface area contributed by atoms with Gasteiger partial charge in [-0.05, 0) is 18.2 Å². The van der Waals surface area contributed by atoms with Crippen molar-refractivity contribution in [2.75, 3.05) is 0 Å². The van der Waals surface area contributed by atoms with Crippen molar-refractivity contribution in [3.63, 3.8) is 0 Å². The summed E-state index contributed by atoms with van der Waals surface area (Å²) in [5.41, 5.74) is -0.284. The molecule has 2 aromatic rings. The number of benzene rings is 1. The van der Waals surface area contributed by atoms with E-state index in [0.717, 1.165) is 0 Å². The molecule has 0 unspecified atom stereocenters. The van der Waals surface area contributed by atoms with Crippen molar-refractivity contribution in [3.8, 4) is 11.5 Å². The molecule has 1 heterocycles. The van der Waals surface area contributed by atoms with E-state index in [1.165, 1.54) is 6.07 Å². The Kier molecular flexibility index (Phi) is 3.59. The van der Waals surface area contributed by atoms with Crippen molar-refractivity contribution in [1.82, 2.24) is 4.98 Å². The van der Waals surface area contributed by atoms with E-state index in [1.807, 2.05) is 0 Å². The van der Waals surface area contributed by atoms with Crippen LogP contribution in [-0.4, -0.2) is 27.1 Å². The number of oxazole rings is 1. The van der Waals surface area contributed by atoms with Crippen LogP contribution in [0.5, 0.6) is 0 Å². The average molecular weight is 347 g/mol. The number of carboxylic acid groups (broad SMARTS) is 2. The van der Waals surface area contributed by atoms with E-state index in [0.29, 0.717) is 15.1 Å². The molecule has 2 rings (SSSR count). The number of nitrogens with zero attached hydrogens (tertiary/aromatic N) is 1. The highest BCUT2D eigenvalue weighted by Gasteiger charge is 2.25. The standard InChI is InChI=1S/C11H5BrClNO5/c12-5-1-4(2-6(13)3-5)9-14-7(10(15)16)8(19-9)11(17)18/h1-3H,(H,15,16)(H,17,18). The van der Waals surface area contributed by atoms with Gasteiger partial charge in [0, 0.05) is 15.1 Å². The van der Waals surface area contributed by atoms with E-state index in [-0.39, 0.29) is 5.89 Å². The second kappa shape index (κ2) is 5.02. The Hall–Kier alpha value is -1.86. The smallest absolute Gasteiger partial charge is 0.374 e. The number of carbonyl (C=O) groups is 2. The van der Waals surface area contributed by atoms with Crippen LogP contribution < -0.4 is 0 Å². The van der Waals surface area contributed by atoms with Crippen molar-refractivity contribution >= 4 is 39.5 Å². The monoisotopic (exact) mass is 345 g/mol. The molecule has 19 heavy (non-hydrogen) atoms. The van der Waals surface area contributed by atoms with Gasteiger partial charge in [0.2, 0.25) is 17.3 Å². The van der Waals surface area contributed by atoms with Gasteiger partial charge in [-0.2, -0.15) is 0 Å². The van der Waals surface area contributed by atoms with Crippen LogP contribution in [0.25, 0.3) is 11.5 Å². The highest BCUT2D eigenvalue weighted by Crippen LogP contribution is 2.28. The lowest BCUT2D eigenvalue weighted by molar-refractivity contribution is 0.0624. The number of aromatic carboxylic acids is 2. The molecule has 0 aliphatic rings. The van der Waals surface area contributed by atoms with Gasteiger partial charge < -0.3 is 14.6 Å². The van der Waals surface area contributed by atoms with E-state index in [4.69, 9.17) is 26.2 Å². The normalized spacial score (nSPS) is 10.4. The predicted octanol–water partition coefficient (Wildman–Crippen LogP) is 3.15. The average Bonchev–Trinajstić information content (AvgIpc) is 2.72. The van der Waals surface area contributed by atoms with Crippen LogP contribution in [0.4, 0.5) is 0 Å². The maximum absolute atomic E-state index is 10.9. The Morgan fingerprint density at radius 2 is 1.89 bits per heavy atom. The lowest BCUT2D eigenvalue weighted by atomic mass is 10.2. The zero-order valence-corrected chi connectivity index (χ0v) is 11.4. The summed E-state index contributed by atoms with van der Waals surface area (Å²) < 4.78 is 5.59. The zero-order valence-electron chi connectivity index (χ0n) is 9.05. The molecule has 0 atom stereocenters. The summed E-state index contributed by atoms with van der Waals surface area (Å²) in [5.74, 6) is -3.83. The summed E-state index contributed by atoms with van der Waals surface area (Å²) in [7, 11) is 0.